The number of nitrogens with two attached hydrogens (primary N) is 1. The second kappa shape index (κ2) is 8.61. The lowest BCUT2D eigenvalue weighted by Crippen LogP contribution is -2.44. The number of amides is 2. The van der Waals surface area contributed by atoms with Gasteiger partial charge in [-0.05, 0) is 31.0 Å². The van der Waals surface area contributed by atoms with Crippen molar-refractivity contribution < 1.29 is 23.1 Å². The molecule has 128 valence electrons. The number of nitrogens with zero attached hydrogens (tertiary/aromatic N) is 1. The molecule has 0 unspecified atom stereocenters. The number of hydrogen-bond donors (Lipinski definition) is 3. The highest BCUT2D eigenvalue weighted by molar-refractivity contribution is 7.89. The summed E-state index contributed by atoms with van der Waals surface area (Å²) in [5, 5.41) is 16.3. The molecule has 1 rings (SSSR count). The van der Waals surface area contributed by atoms with E-state index in [-0.39, 0.29) is 24.6 Å². The van der Waals surface area contributed by atoms with Gasteiger partial charge in [-0.15, -0.1) is 0 Å². The number of rotatable bonds is 7. The van der Waals surface area contributed by atoms with Crippen LogP contribution < -0.4 is 10.5 Å². The predicted octanol–water partition coefficient (Wildman–Crippen LogP) is -1.17. The summed E-state index contributed by atoms with van der Waals surface area (Å²) in [4.78, 5) is 24.8. The van der Waals surface area contributed by atoms with Crippen LogP contribution in [0.15, 0.2) is 29.2 Å². The molecule has 0 saturated heterocycles. The quantitative estimate of drug-likeness (QED) is 0.537. The summed E-state index contributed by atoms with van der Waals surface area (Å²) in [7, 11) is -3.72. The molecule has 4 N–H and O–H groups in total. The maximum absolute atomic E-state index is 11.8. The Morgan fingerprint density at radius 3 is 2.35 bits per heavy atom. The Morgan fingerprint density at radius 1 is 1.26 bits per heavy atom. The third-order valence-electron chi connectivity index (χ3n) is 3.18. The lowest BCUT2D eigenvalue weighted by atomic mass is 10.1. The molecule has 0 radical (unpaired) electrons. The smallest absolute Gasteiger partial charge is 0.311 e. The summed E-state index contributed by atoms with van der Waals surface area (Å²) in [6.45, 7) is 2.19. The molecule has 0 aliphatic rings. The minimum atomic E-state index is -3.72. The highest BCUT2D eigenvalue weighted by Gasteiger charge is 2.19. The summed E-state index contributed by atoms with van der Waals surface area (Å²) in [6.07, 6.45) is 0.441. The molecule has 1 aromatic rings. The Balaban J connectivity index is 2.50. The number of carbonyl (C=O) groups is 2. The molecule has 0 spiro atoms. The first-order chi connectivity index (χ1) is 10.8. The Labute approximate surface area is 135 Å². The summed E-state index contributed by atoms with van der Waals surface area (Å²) < 4.78 is 22.3. The van der Waals surface area contributed by atoms with Gasteiger partial charge in [-0.25, -0.2) is 13.6 Å². The molecule has 0 aliphatic carbocycles. The van der Waals surface area contributed by atoms with Gasteiger partial charge in [0.15, 0.2) is 0 Å². The van der Waals surface area contributed by atoms with E-state index < -0.39 is 21.8 Å². The second-order valence-corrected chi connectivity index (χ2v) is 6.36. The monoisotopic (exact) mass is 343 g/mol. The fourth-order valence-electron chi connectivity index (χ4n) is 1.91. The Hall–Kier alpha value is -1.97. The predicted molar refractivity (Wildman–Crippen MR) is 83.9 cm³/mol. The van der Waals surface area contributed by atoms with Crippen LogP contribution in [-0.4, -0.2) is 56.5 Å². The van der Waals surface area contributed by atoms with Gasteiger partial charge in [0, 0.05) is 19.6 Å². The van der Waals surface area contributed by atoms with Crippen molar-refractivity contribution in [3.8, 4) is 0 Å². The third-order valence-corrected chi connectivity index (χ3v) is 4.11. The lowest BCUT2D eigenvalue weighted by molar-refractivity contribution is -0.146. The van der Waals surface area contributed by atoms with Crippen molar-refractivity contribution in [2.24, 2.45) is 5.14 Å². The summed E-state index contributed by atoms with van der Waals surface area (Å²) in [6, 6.07) is 5.96. The highest BCUT2D eigenvalue weighted by Crippen LogP contribution is 2.08. The number of hydrogen-bond acceptors (Lipinski definition) is 5. The van der Waals surface area contributed by atoms with Gasteiger partial charge in [0.1, 0.15) is 0 Å². The summed E-state index contributed by atoms with van der Waals surface area (Å²) in [5.74, 6) is -1.42. The molecule has 8 nitrogen and oxygen atoms in total. The lowest BCUT2D eigenvalue weighted by Gasteiger charge is -2.18. The topological polar surface area (TPSA) is 130 Å². The first-order valence-corrected chi connectivity index (χ1v) is 8.64. The molecule has 0 fully saturated rings. The Kier molecular flexibility index (Phi) is 7.14. The second-order valence-electron chi connectivity index (χ2n) is 4.80. The largest absolute Gasteiger partial charge is 0.395 e. The molecule has 0 saturated carbocycles. The average Bonchev–Trinajstić information content (AvgIpc) is 2.51. The van der Waals surface area contributed by atoms with Crippen molar-refractivity contribution in [2.75, 3.05) is 26.2 Å². The highest BCUT2D eigenvalue weighted by atomic mass is 32.2. The van der Waals surface area contributed by atoms with Crippen molar-refractivity contribution in [2.45, 2.75) is 18.2 Å². The van der Waals surface area contributed by atoms with E-state index in [9.17, 15) is 18.0 Å². The average molecular weight is 343 g/mol. The van der Waals surface area contributed by atoms with E-state index in [4.69, 9.17) is 10.2 Å². The van der Waals surface area contributed by atoms with Gasteiger partial charge in [0.2, 0.25) is 10.0 Å². The van der Waals surface area contributed by atoms with Crippen LogP contribution in [0.1, 0.15) is 12.5 Å². The first kappa shape index (κ1) is 19.1. The van der Waals surface area contributed by atoms with Gasteiger partial charge < -0.3 is 15.3 Å². The number of benzene rings is 1. The van der Waals surface area contributed by atoms with Gasteiger partial charge in [0.25, 0.3) is 0 Å². The van der Waals surface area contributed by atoms with Gasteiger partial charge in [-0.1, -0.05) is 12.1 Å². The number of sulfonamides is 1. The Morgan fingerprint density at radius 2 is 1.87 bits per heavy atom. The van der Waals surface area contributed by atoms with Gasteiger partial charge in [0.05, 0.1) is 11.5 Å². The van der Waals surface area contributed by atoms with E-state index in [2.05, 4.69) is 5.32 Å². The van der Waals surface area contributed by atoms with E-state index in [0.29, 0.717) is 13.0 Å². The van der Waals surface area contributed by atoms with Crippen LogP contribution in [0, 0.1) is 0 Å². The molecule has 1 aromatic carbocycles. The van der Waals surface area contributed by atoms with Crippen LogP contribution in [0.3, 0.4) is 0 Å². The van der Waals surface area contributed by atoms with E-state index in [1.165, 1.54) is 17.0 Å². The van der Waals surface area contributed by atoms with Crippen molar-refractivity contribution in [1.82, 2.24) is 10.2 Å². The van der Waals surface area contributed by atoms with E-state index in [1.807, 2.05) is 0 Å². The first-order valence-electron chi connectivity index (χ1n) is 7.09. The molecule has 0 aromatic heterocycles. The zero-order valence-electron chi connectivity index (χ0n) is 12.9. The minimum Gasteiger partial charge on any atom is -0.395 e. The molecular weight excluding hydrogens is 322 g/mol. The number of aliphatic hydroxyl groups is 1. The van der Waals surface area contributed by atoms with Crippen LogP contribution >= 0.6 is 0 Å². The molecule has 0 heterocycles. The van der Waals surface area contributed by atoms with Gasteiger partial charge in [-0.3, -0.25) is 9.59 Å². The number of nitrogens with one attached hydrogen (secondary N) is 1. The standard InChI is InChI=1S/C14H21N3O5S/c1-2-17(9-10-18)14(20)13(19)16-8-7-11-3-5-12(6-4-11)23(15,21)22/h3-6,18H,2,7-10H2,1H3,(H,16,19)(H2,15,21,22). The van der Waals surface area contributed by atoms with E-state index >= 15 is 0 Å². The van der Waals surface area contributed by atoms with Crippen LogP contribution in [0.4, 0.5) is 0 Å². The van der Waals surface area contributed by atoms with Crippen molar-refractivity contribution in [1.29, 1.82) is 0 Å². The fourth-order valence-corrected chi connectivity index (χ4v) is 2.42. The molecule has 23 heavy (non-hydrogen) atoms. The number of aliphatic hydroxyl groups excluding tert-OH is 1. The van der Waals surface area contributed by atoms with Crippen LogP contribution in [-0.2, 0) is 26.0 Å². The Bertz CT molecular complexity index is 643. The summed E-state index contributed by atoms with van der Waals surface area (Å²) >= 11 is 0. The van der Waals surface area contributed by atoms with Crippen molar-refractivity contribution in [3.05, 3.63) is 29.8 Å². The fraction of sp³-hybridized carbons (Fsp3) is 0.429. The number of likely N-dealkylation sites (N-methyl/N-ethyl adjacent to an activating group) is 1. The normalized spacial score (nSPS) is 11.1. The maximum atomic E-state index is 11.8. The zero-order chi connectivity index (χ0) is 17.5. The van der Waals surface area contributed by atoms with Gasteiger partial charge in [-0.2, -0.15) is 0 Å². The SMILES string of the molecule is CCN(CCO)C(=O)C(=O)NCCc1ccc(S(N)(=O)=O)cc1. The van der Waals surface area contributed by atoms with E-state index in [1.54, 1.807) is 19.1 Å². The van der Waals surface area contributed by atoms with Crippen molar-refractivity contribution >= 4 is 21.8 Å². The van der Waals surface area contributed by atoms with Crippen molar-refractivity contribution in [3.63, 3.8) is 0 Å². The molecule has 0 aliphatic heterocycles. The number of carbonyl (C=O) groups excluding carboxylic acids is 2. The number of primary sulfonamides is 1. The maximum Gasteiger partial charge on any atom is 0.311 e. The molecule has 0 atom stereocenters. The third kappa shape index (κ3) is 5.97. The van der Waals surface area contributed by atoms with E-state index in [0.717, 1.165) is 5.56 Å². The molecule has 2 amide bonds. The molecule has 0 bridgehead atoms. The minimum absolute atomic E-state index is 0.0167. The van der Waals surface area contributed by atoms with Crippen LogP contribution in [0.5, 0.6) is 0 Å². The van der Waals surface area contributed by atoms with Gasteiger partial charge >= 0.3 is 11.8 Å². The zero-order valence-corrected chi connectivity index (χ0v) is 13.7. The molecular formula is C14H21N3O5S. The molecule has 9 heteroatoms. The van der Waals surface area contributed by atoms with Crippen LogP contribution in [0.25, 0.3) is 0 Å². The summed E-state index contributed by atoms with van der Waals surface area (Å²) in [5.41, 5.74) is 0.799. The van der Waals surface area contributed by atoms with Crippen LogP contribution in [0.2, 0.25) is 0 Å².